The van der Waals surface area contributed by atoms with Crippen LogP contribution in [-0.2, 0) is 14.3 Å². The molecule has 0 saturated carbocycles. The first-order valence-corrected chi connectivity index (χ1v) is 8.81. The number of anilines is 1. The molecule has 0 bridgehead atoms. The number of hydrogen-bond donors (Lipinski definition) is 1. The van der Waals surface area contributed by atoms with Gasteiger partial charge in [0.25, 0.3) is 0 Å². The van der Waals surface area contributed by atoms with Crippen molar-refractivity contribution in [2.45, 2.75) is 52.0 Å². The molecule has 1 aromatic carbocycles. The van der Waals surface area contributed by atoms with E-state index in [0.29, 0.717) is 6.61 Å². The van der Waals surface area contributed by atoms with Crippen LogP contribution in [0.5, 0.6) is 0 Å². The minimum atomic E-state index is -0.645. The fourth-order valence-electron chi connectivity index (χ4n) is 3.54. The first kappa shape index (κ1) is 18.5. The number of nitrogens with one attached hydrogen (secondary N) is 1. The normalized spacial score (nSPS) is 20.8. The zero-order chi connectivity index (χ0) is 17.6. The number of rotatable bonds is 7. The zero-order valence-corrected chi connectivity index (χ0v) is 14.9. The number of esters is 1. The summed E-state index contributed by atoms with van der Waals surface area (Å²) in [7, 11) is 0. The predicted molar refractivity (Wildman–Crippen MR) is 94.9 cm³/mol. The summed E-state index contributed by atoms with van der Waals surface area (Å²) >= 11 is 0. The van der Waals surface area contributed by atoms with E-state index < -0.39 is 5.54 Å². The van der Waals surface area contributed by atoms with Gasteiger partial charge in [0, 0.05) is 5.69 Å². The highest BCUT2D eigenvalue weighted by atomic mass is 16.5. The lowest BCUT2D eigenvalue weighted by molar-refractivity contribution is -0.157. The van der Waals surface area contributed by atoms with Gasteiger partial charge in [-0.1, -0.05) is 31.5 Å². The molecule has 0 radical (unpaired) electrons. The highest BCUT2D eigenvalue weighted by Gasteiger charge is 2.48. The molecule has 1 fully saturated rings. The Morgan fingerprint density at radius 1 is 1.29 bits per heavy atom. The van der Waals surface area contributed by atoms with E-state index in [1.54, 1.807) is 0 Å². The molecule has 0 spiro atoms. The molecule has 1 amide bonds. The van der Waals surface area contributed by atoms with Gasteiger partial charge in [-0.05, 0) is 51.3 Å². The molecule has 0 aromatic heterocycles. The average molecular weight is 332 g/mol. The highest BCUT2D eigenvalue weighted by Crippen LogP contribution is 2.34. The fourth-order valence-corrected chi connectivity index (χ4v) is 3.54. The number of ether oxygens (including phenoxy) is 1. The van der Waals surface area contributed by atoms with Crippen LogP contribution in [0.1, 0.15) is 45.1 Å². The number of carbonyl (C=O) groups excluding carboxylic acids is 2. The van der Waals surface area contributed by atoms with E-state index in [0.717, 1.165) is 43.5 Å². The molecule has 1 heterocycles. The van der Waals surface area contributed by atoms with Crippen LogP contribution >= 0.6 is 0 Å². The molecule has 1 saturated heterocycles. The molecular weight excluding hydrogens is 304 g/mol. The maximum atomic E-state index is 12.6. The summed E-state index contributed by atoms with van der Waals surface area (Å²) in [5.41, 5.74) is 1.20. The Bertz CT molecular complexity index is 588. The van der Waals surface area contributed by atoms with Gasteiger partial charge in [0.05, 0.1) is 13.2 Å². The number of likely N-dealkylation sites (tertiary alicyclic amines) is 1. The first-order valence-electron chi connectivity index (χ1n) is 8.81. The van der Waals surface area contributed by atoms with Crippen molar-refractivity contribution < 1.29 is 14.3 Å². The molecule has 132 valence electrons. The van der Waals surface area contributed by atoms with Crippen LogP contribution in [0.4, 0.5) is 5.69 Å². The fraction of sp³-hybridized carbons (Fsp3) is 0.579. The molecule has 1 aliphatic rings. The van der Waals surface area contributed by atoms with Crippen molar-refractivity contribution in [2.75, 3.05) is 25.0 Å². The summed E-state index contributed by atoms with van der Waals surface area (Å²) < 4.78 is 5.32. The Kier molecular flexibility index (Phi) is 6.37. The standard InChI is InChI=1S/C19H28N2O3/c1-4-11-19(18(23)24-5-2)12-8-13-21(19)14-17(22)20-16-10-7-6-9-15(16)3/h6-7,9-10H,4-5,8,11-14H2,1-3H3,(H,20,22)/t19-/m0/s1. The molecule has 5 nitrogen and oxygen atoms in total. The van der Waals surface area contributed by atoms with Crippen LogP contribution in [0.3, 0.4) is 0 Å². The third kappa shape index (κ3) is 3.96. The van der Waals surface area contributed by atoms with Crippen LogP contribution in [0, 0.1) is 6.92 Å². The Morgan fingerprint density at radius 2 is 2.04 bits per heavy atom. The quantitative estimate of drug-likeness (QED) is 0.779. The van der Waals surface area contributed by atoms with E-state index in [4.69, 9.17) is 4.74 Å². The number of carbonyl (C=O) groups is 2. The van der Waals surface area contributed by atoms with Crippen molar-refractivity contribution in [1.82, 2.24) is 4.90 Å². The summed E-state index contributed by atoms with van der Waals surface area (Å²) in [6.07, 6.45) is 3.28. The molecule has 1 N–H and O–H groups in total. The Labute approximate surface area is 144 Å². The maximum absolute atomic E-state index is 12.6. The van der Waals surface area contributed by atoms with Crippen molar-refractivity contribution in [3.63, 3.8) is 0 Å². The van der Waals surface area contributed by atoms with Gasteiger partial charge < -0.3 is 10.1 Å². The Hall–Kier alpha value is -1.88. The molecule has 5 heteroatoms. The van der Waals surface area contributed by atoms with Crippen molar-refractivity contribution in [3.05, 3.63) is 29.8 Å². The van der Waals surface area contributed by atoms with E-state index >= 15 is 0 Å². The third-order valence-electron chi connectivity index (χ3n) is 4.70. The van der Waals surface area contributed by atoms with Crippen LogP contribution in [0.25, 0.3) is 0 Å². The monoisotopic (exact) mass is 332 g/mol. The number of nitrogens with zero attached hydrogens (tertiary/aromatic N) is 1. The first-order chi connectivity index (χ1) is 11.5. The second kappa shape index (κ2) is 8.29. The minimum Gasteiger partial charge on any atom is -0.465 e. The number of para-hydroxylation sites is 1. The maximum Gasteiger partial charge on any atom is 0.326 e. The van der Waals surface area contributed by atoms with E-state index in [1.807, 2.05) is 43.0 Å². The molecule has 0 unspecified atom stereocenters. The summed E-state index contributed by atoms with van der Waals surface area (Å²) in [4.78, 5) is 27.1. The van der Waals surface area contributed by atoms with Gasteiger partial charge in [-0.15, -0.1) is 0 Å². The van der Waals surface area contributed by atoms with E-state index in [9.17, 15) is 9.59 Å². The summed E-state index contributed by atoms with van der Waals surface area (Å²) in [5, 5.41) is 2.96. The number of hydrogen-bond acceptors (Lipinski definition) is 4. The zero-order valence-electron chi connectivity index (χ0n) is 14.9. The topological polar surface area (TPSA) is 58.6 Å². The second-order valence-corrected chi connectivity index (χ2v) is 6.39. The second-order valence-electron chi connectivity index (χ2n) is 6.39. The summed E-state index contributed by atoms with van der Waals surface area (Å²) in [6, 6.07) is 7.70. The van der Waals surface area contributed by atoms with Gasteiger partial charge >= 0.3 is 5.97 Å². The number of amides is 1. The summed E-state index contributed by atoms with van der Waals surface area (Å²) in [5.74, 6) is -0.274. The van der Waals surface area contributed by atoms with Crippen molar-refractivity contribution in [2.24, 2.45) is 0 Å². The molecule has 0 aliphatic carbocycles. The molecule has 1 aliphatic heterocycles. The van der Waals surface area contributed by atoms with E-state index in [1.165, 1.54) is 0 Å². The van der Waals surface area contributed by atoms with Crippen molar-refractivity contribution >= 4 is 17.6 Å². The number of benzene rings is 1. The van der Waals surface area contributed by atoms with Gasteiger partial charge in [0.1, 0.15) is 5.54 Å². The van der Waals surface area contributed by atoms with E-state index in [2.05, 4.69) is 12.2 Å². The van der Waals surface area contributed by atoms with Gasteiger partial charge in [-0.25, -0.2) is 0 Å². The molecular formula is C19H28N2O3. The van der Waals surface area contributed by atoms with Gasteiger partial charge in [-0.3, -0.25) is 14.5 Å². The SMILES string of the molecule is CCC[C@@]1(C(=O)OCC)CCCN1CC(=O)Nc1ccccc1C. The third-order valence-corrected chi connectivity index (χ3v) is 4.70. The van der Waals surface area contributed by atoms with Gasteiger partial charge in [0.15, 0.2) is 0 Å². The van der Waals surface area contributed by atoms with Gasteiger partial charge in [0.2, 0.25) is 5.91 Å². The molecule has 1 aromatic rings. The van der Waals surface area contributed by atoms with Crippen LogP contribution < -0.4 is 5.32 Å². The lowest BCUT2D eigenvalue weighted by Crippen LogP contribution is -2.53. The van der Waals surface area contributed by atoms with Crippen molar-refractivity contribution in [3.8, 4) is 0 Å². The Balaban J connectivity index is 2.09. The molecule has 24 heavy (non-hydrogen) atoms. The van der Waals surface area contributed by atoms with E-state index in [-0.39, 0.29) is 18.4 Å². The van der Waals surface area contributed by atoms with Crippen LogP contribution in [0.2, 0.25) is 0 Å². The Morgan fingerprint density at radius 3 is 2.71 bits per heavy atom. The smallest absolute Gasteiger partial charge is 0.326 e. The average Bonchev–Trinajstić information content (AvgIpc) is 2.94. The van der Waals surface area contributed by atoms with Crippen molar-refractivity contribution in [1.29, 1.82) is 0 Å². The molecule has 1 atom stereocenters. The van der Waals surface area contributed by atoms with Crippen LogP contribution in [0.15, 0.2) is 24.3 Å². The van der Waals surface area contributed by atoms with Gasteiger partial charge in [-0.2, -0.15) is 0 Å². The minimum absolute atomic E-state index is 0.0871. The van der Waals surface area contributed by atoms with Crippen LogP contribution in [-0.4, -0.2) is 42.0 Å². The lowest BCUT2D eigenvalue weighted by atomic mass is 9.90. The largest absolute Gasteiger partial charge is 0.465 e. The highest BCUT2D eigenvalue weighted by molar-refractivity contribution is 5.93. The molecule has 2 rings (SSSR count). The predicted octanol–water partition coefficient (Wildman–Crippen LogP) is 3.13. The lowest BCUT2D eigenvalue weighted by Gasteiger charge is -2.35. The number of aryl methyl sites for hydroxylation is 1. The summed E-state index contributed by atoms with van der Waals surface area (Å²) in [6.45, 7) is 7.18.